The minimum Gasteiger partial charge on any atom is -0.346 e. The lowest BCUT2D eigenvalue weighted by molar-refractivity contribution is 0.0949. The Labute approximate surface area is 175 Å². The number of carbonyl (C=O) groups is 1. The molecular formula is C21H19BrFN5O. The van der Waals surface area contributed by atoms with E-state index >= 15 is 0 Å². The number of imidazole rings is 1. The van der Waals surface area contributed by atoms with Crippen molar-refractivity contribution in [2.75, 3.05) is 0 Å². The highest BCUT2D eigenvalue weighted by Gasteiger charge is 2.21. The highest BCUT2D eigenvalue weighted by atomic mass is 79.9. The number of rotatable bonds is 5. The maximum atomic E-state index is 13.3. The van der Waals surface area contributed by atoms with E-state index in [0.29, 0.717) is 17.8 Å². The molecule has 4 aromatic rings. The first-order valence-corrected chi connectivity index (χ1v) is 9.97. The number of nitrogens with one attached hydrogen (secondary N) is 1. The molecule has 0 atom stereocenters. The molecule has 1 N–H and O–H groups in total. The van der Waals surface area contributed by atoms with Gasteiger partial charge in [0.2, 0.25) is 0 Å². The number of benzene rings is 1. The minimum atomic E-state index is -0.315. The lowest BCUT2D eigenvalue weighted by atomic mass is 10.0. The van der Waals surface area contributed by atoms with E-state index in [1.165, 1.54) is 12.1 Å². The molecule has 8 heteroatoms. The Morgan fingerprint density at radius 3 is 2.66 bits per heavy atom. The van der Waals surface area contributed by atoms with Crippen LogP contribution in [0.1, 0.15) is 41.5 Å². The van der Waals surface area contributed by atoms with Crippen LogP contribution in [0.3, 0.4) is 0 Å². The summed E-state index contributed by atoms with van der Waals surface area (Å²) >= 11 is 3.43. The molecular weight excluding hydrogens is 437 g/mol. The SMILES string of the molecule is CC(C)c1c(C(=O)NCc2cn3cc(Br)ccc3n2)cnn1-c1ccc(F)cc1. The third-order valence-corrected chi connectivity index (χ3v) is 5.03. The average molecular weight is 456 g/mol. The molecule has 0 aliphatic rings. The first-order valence-electron chi connectivity index (χ1n) is 9.17. The van der Waals surface area contributed by atoms with Crippen LogP contribution >= 0.6 is 15.9 Å². The second kappa shape index (κ2) is 7.79. The summed E-state index contributed by atoms with van der Waals surface area (Å²) in [5.41, 5.74) is 3.54. The van der Waals surface area contributed by atoms with Crippen LogP contribution in [0.2, 0.25) is 0 Å². The second-order valence-corrected chi connectivity index (χ2v) is 7.93. The van der Waals surface area contributed by atoms with E-state index in [2.05, 4.69) is 31.3 Å². The van der Waals surface area contributed by atoms with E-state index in [1.807, 2.05) is 42.8 Å². The standard InChI is InChI=1S/C21H19BrFN5O/c1-13(2)20-18(10-25-28(20)17-6-4-15(23)5-7-17)21(29)24-9-16-12-27-11-14(22)3-8-19(27)26-16/h3-8,10-13H,9H2,1-2H3,(H,24,29). The van der Waals surface area contributed by atoms with Crippen LogP contribution in [-0.2, 0) is 6.54 Å². The Hall–Kier alpha value is -3.00. The number of nitrogens with zero attached hydrogens (tertiary/aromatic N) is 4. The number of pyridine rings is 1. The molecule has 3 heterocycles. The smallest absolute Gasteiger partial charge is 0.255 e. The zero-order chi connectivity index (χ0) is 20.5. The van der Waals surface area contributed by atoms with Crippen molar-refractivity contribution in [3.05, 3.63) is 82.2 Å². The molecule has 0 fully saturated rings. The topological polar surface area (TPSA) is 64.2 Å². The van der Waals surface area contributed by atoms with E-state index < -0.39 is 0 Å². The Morgan fingerprint density at radius 2 is 1.93 bits per heavy atom. The maximum Gasteiger partial charge on any atom is 0.255 e. The van der Waals surface area contributed by atoms with Gasteiger partial charge in [0, 0.05) is 16.9 Å². The van der Waals surface area contributed by atoms with E-state index in [9.17, 15) is 9.18 Å². The molecule has 0 unspecified atom stereocenters. The van der Waals surface area contributed by atoms with Crippen molar-refractivity contribution in [3.8, 4) is 5.69 Å². The number of aromatic nitrogens is 4. The van der Waals surface area contributed by atoms with E-state index in [-0.39, 0.29) is 17.6 Å². The third-order valence-electron chi connectivity index (χ3n) is 4.56. The van der Waals surface area contributed by atoms with Gasteiger partial charge in [-0.25, -0.2) is 14.1 Å². The van der Waals surface area contributed by atoms with Crippen molar-refractivity contribution in [3.63, 3.8) is 0 Å². The van der Waals surface area contributed by atoms with Crippen molar-refractivity contribution in [1.82, 2.24) is 24.5 Å². The Morgan fingerprint density at radius 1 is 1.17 bits per heavy atom. The van der Waals surface area contributed by atoms with Crippen molar-refractivity contribution >= 4 is 27.5 Å². The lowest BCUT2D eigenvalue weighted by Gasteiger charge is -2.13. The number of carbonyl (C=O) groups excluding carboxylic acids is 1. The van der Waals surface area contributed by atoms with Gasteiger partial charge in [-0.3, -0.25) is 4.79 Å². The third kappa shape index (κ3) is 3.93. The van der Waals surface area contributed by atoms with Gasteiger partial charge in [-0.15, -0.1) is 0 Å². The molecule has 0 aliphatic heterocycles. The van der Waals surface area contributed by atoms with Crippen LogP contribution in [0.25, 0.3) is 11.3 Å². The normalized spacial score (nSPS) is 11.3. The number of fused-ring (bicyclic) bond motifs is 1. The van der Waals surface area contributed by atoms with Gasteiger partial charge in [0.1, 0.15) is 11.5 Å². The summed E-state index contributed by atoms with van der Waals surface area (Å²) in [5.74, 6) is -0.486. The lowest BCUT2D eigenvalue weighted by Crippen LogP contribution is -2.24. The fourth-order valence-electron chi connectivity index (χ4n) is 3.24. The zero-order valence-corrected chi connectivity index (χ0v) is 17.5. The first kappa shape index (κ1) is 19.3. The van der Waals surface area contributed by atoms with Crippen molar-refractivity contribution < 1.29 is 9.18 Å². The van der Waals surface area contributed by atoms with Gasteiger partial charge >= 0.3 is 0 Å². The van der Waals surface area contributed by atoms with Gasteiger partial charge in [0.15, 0.2) is 0 Å². The summed E-state index contributed by atoms with van der Waals surface area (Å²) in [6.45, 7) is 4.29. The van der Waals surface area contributed by atoms with Crippen LogP contribution in [-0.4, -0.2) is 25.1 Å². The molecule has 0 radical (unpaired) electrons. The fraction of sp³-hybridized carbons (Fsp3) is 0.190. The van der Waals surface area contributed by atoms with E-state index in [0.717, 1.165) is 21.5 Å². The number of amides is 1. The molecule has 0 saturated carbocycles. The fourth-order valence-corrected chi connectivity index (χ4v) is 3.60. The van der Waals surface area contributed by atoms with Gasteiger partial charge in [-0.05, 0) is 58.2 Å². The van der Waals surface area contributed by atoms with E-state index in [1.54, 1.807) is 23.0 Å². The zero-order valence-electron chi connectivity index (χ0n) is 15.9. The highest BCUT2D eigenvalue weighted by molar-refractivity contribution is 9.10. The molecule has 29 heavy (non-hydrogen) atoms. The van der Waals surface area contributed by atoms with Gasteiger partial charge in [0.25, 0.3) is 5.91 Å². The van der Waals surface area contributed by atoms with Gasteiger partial charge in [-0.2, -0.15) is 5.10 Å². The Kier molecular flexibility index (Phi) is 5.19. The minimum absolute atomic E-state index is 0.0517. The van der Waals surface area contributed by atoms with Crippen LogP contribution < -0.4 is 5.32 Å². The summed E-state index contributed by atoms with van der Waals surface area (Å²) in [6.07, 6.45) is 5.34. The molecule has 1 aromatic carbocycles. The summed E-state index contributed by atoms with van der Waals surface area (Å²) in [5, 5.41) is 7.29. The van der Waals surface area contributed by atoms with Gasteiger partial charge in [0.05, 0.1) is 35.4 Å². The predicted octanol–water partition coefficient (Wildman–Crippen LogP) is 4.48. The van der Waals surface area contributed by atoms with Crippen LogP contribution in [0, 0.1) is 5.82 Å². The summed E-state index contributed by atoms with van der Waals surface area (Å²) in [7, 11) is 0. The quantitative estimate of drug-likeness (QED) is 0.482. The summed E-state index contributed by atoms with van der Waals surface area (Å²) < 4.78 is 17.8. The molecule has 0 saturated heterocycles. The van der Waals surface area contributed by atoms with Crippen molar-refractivity contribution in [2.45, 2.75) is 26.3 Å². The number of hydrogen-bond donors (Lipinski definition) is 1. The van der Waals surface area contributed by atoms with Gasteiger partial charge in [-0.1, -0.05) is 13.8 Å². The molecule has 3 aromatic heterocycles. The number of hydrogen-bond acceptors (Lipinski definition) is 3. The predicted molar refractivity (Wildman–Crippen MR) is 112 cm³/mol. The van der Waals surface area contributed by atoms with Crippen LogP contribution in [0.5, 0.6) is 0 Å². The molecule has 0 spiro atoms. The van der Waals surface area contributed by atoms with E-state index in [4.69, 9.17) is 0 Å². The van der Waals surface area contributed by atoms with Crippen LogP contribution in [0.15, 0.2) is 59.5 Å². The van der Waals surface area contributed by atoms with Crippen LogP contribution in [0.4, 0.5) is 4.39 Å². The second-order valence-electron chi connectivity index (χ2n) is 7.01. The molecule has 148 valence electrons. The maximum absolute atomic E-state index is 13.3. The molecule has 0 aliphatic carbocycles. The Bertz CT molecular complexity index is 1180. The highest BCUT2D eigenvalue weighted by Crippen LogP contribution is 2.23. The number of halogens is 2. The monoisotopic (exact) mass is 455 g/mol. The first-order chi connectivity index (χ1) is 13.9. The summed E-state index contributed by atoms with van der Waals surface area (Å²) in [6, 6.07) is 9.86. The molecule has 4 rings (SSSR count). The van der Waals surface area contributed by atoms with Crippen molar-refractivity contribution in [1.29, 1.82) is 0 Å². The Balaban J connectivity index is 1.57. The average Bonchev–Trinajstić information content (AvgIpc) is 3.30. The summed E-state index contributed by atoms with van der Waals surface area (Å²) in [4.78, 5) is 17.4. The van der Waals surface area contributed by atoms with Gasteiger partial charge < -0.3 is 9.72 Å². The van der Waals surface area contributed by atoms with Crippen molar-refractivity contribution in [2.24, 2.45) is 0 Å². The largest absolute Gasteiger partial charge is 0.346 e. The molecule has 1 amide bonds. The molecule has 0 bridgehead atoms. The molecule has 6 nitrogen and oxygen atoms in total.